The van der Waals surface area contributed by atoms with Gasteiger partial charge in [-0.05, 0) is 25.3 Å². The molecule has 0 unspecified atom stereocenters. The van der Waals surface area contributed by atoms with Crippen LogP contribution >= 0.6 is 22.7 Å². The van der Waals surface area contributed by atoms with Gasteiger partial charge in [-0.2, -0.15) is 11.3 Å². The highest BCUT2D eigenvalue weighted by Gasteiger charge is 2.02. The van der Waals surface area contributed by atoms with Crippen molar-refractivity contribution in [3.8, 4) is 0 Å². The summed E-state index contributed by atoms with van der Waals surface area (Å²) in [6, 6.07) is 2.08. The molecular formula is C10H12N2S2. The smallest absolute Gasteiger partial charge is 0.112 e. The first-order valence-electron chi connectivity index (χ1n) is 4.44. The molecule has 2 rings (SSSR count). The van der Waals surface area contributed by atoms with E-state index in [-0.39, 0.29) is 0 Å². The lowest BCUT2D eigenvalue weighted by molar-refractivity contribution is 1.07. The van der Waals surface area contributed by atoms with E-state index in [9.17, 15) is 0 Å². The van der Waals surface area contributed by atoms with Gasteiger partial charge >= 0.3 is 0 Å². The lowest BCUT2D eigenvalue weighted by Crippen LogP contribution is -1.97. The molecule has 0 aliphatic carbocycles. The third-order valence-corrected chi connectivity index (χ3v) is 3.79. The Kier molecular flexibility index (Phi) is 2.84. The summed E-state index contributed by atoms with van der Waals surface area (Å²) in [4.78, 5) is 5.78. The topological polar surface area (TPSA) is 24.9 Å². The van der Waals surface area contributed by atoms with Gasteiger partial charge in [0, 0.05) is 15.9 Å². The highest BCUT2D eigenvalue weighted by molar-refractivity contribution is 7.11. The van der Waals surface area contributed by atoms with Crippen LogP contribution in [-0.2, 0) is 6.54 Å². The number of aryl methyl sites for hydroxylation is 2. The van der Waals surface area contributed by atoms with Crippen molar-refractivity contribution in [1.82, 2.24) is 4.98 Å². The Morgan fingerprint density at radius 1 is 1.43 bits per heavy atom. The fraction of sp³-hybridized carbons (Fsp3) is 0.300. The summed E-state index contributed by atoms with van der Waals surface area (Å²) in [5, 5.41) is 8.67. The second-order valence-corrected chi connectivity index (χ2v) is 5.18. The van der Waals surface area contributed by atoms with Gasteiger partial charge in [-0.1, -0.05) is 0 Å². The van der Waals surface area contributed by atoms with E-state index in [4.69, 9.17) is 0 Å². The summed E-state index contributed by atoms with van der Waals surface area (Å²) in [5.74, 6) is 0. The lowest BCUT2D eigenvalue weighted by atomic mass is 10.4. The summed E-state index contributed by atoms with van der Waals surface area (Å²) in [5.41, 5.74) is 2.33. The van der Waals surface area contributed by atoms with Crippen molar-refractivity contribution in [2.45, 2.75) is 20.4 Å². The van der Waals surface area contributed by atoms with Gasteiger partial charge < -0.3 is 5.32 Å². The molecule has 0 atom stereocenters. The molecule has 2 nitrogen and oxygen atoms in total. The van der Waals surface area contributed by atoms with Crippen LogP contribution in [0.2, 0.25) is 0 Å². The van der Waals surface area contributed by atoms with Crippen LogP contribution in [0, 0.1) is 13.8 Å². The first-order chi connectivity index (χ1) is 6.75. The molecule has 4 heteroatoms. The summed E-state index contributed by atoms with van der Waals surface area (Å²) in [6.45, 7) is 5.00. The fourth-order valence-electron chi connectivity index (χ4n) is 1.16. The second-order valence-electron chi connectivity index (χ2n) is 3.11. The minimum absolute atomic E-state index is 0.829. The molecule has 0 fully saturated rings. The van der Waals surface area contributed by atoms with Crippen LogP contribution in [0.15, 0.2) is 16.8 Å². The quantitative estimate of drug-likeness (QED) is 0.864. The highest BCUT2D eigenvalue weighted by atomic mass is 32.1. The summed E-state index contributed by atoms with van der Waals surface area (Å²) >= 11 is 3.47. The van der Waals surface area contributed by atoms with Gasteiger partial charge in [0.05, 0.1) is 12.2 Å². The number of nitrogens with one attached hydrogen (secondary N) is 1. The van der Waals surface area contributed by atoms with Crippen LogP contribution in [-0.4, -0.2) is 4.98 Å². The summed E-state index contributed by atoms with van der Waals surface area (Å²) < 4.78 is 0. The maximum Gasteiger partial charge on any atom is 0.112 e. The number of nitrogens with zero attached hydrogens (tertiary/aromatic N) is 1. The molecule has 0 aromatic carbocycles. The molecule has 0 aliphatic rings. The number of hydrogen-bond acceptors (Lipinski definition) is 4. The van der Waals surface area contributed by atoms with Gasteiger partial charge in [0.25, 0.3) is 0 Å². The van der Waals surface area contributed by atoms with E-state index in [1.807, 2.05) is 0 Å². The largest absolute Gasteiger partial charge is 0.378 e. The van der Waals surface area contributed by atoms with Crippen LogP contribution in [0.1, 0.15) is 15.6 Å². The van der Waals surface area contributed by atoms with E-state index in [2.05, 4.69) is 41.0 Å². The van der Waals surface area contributed by atoms with Gasteiger partial charge in [0.15, 0.2) is 0 Å². The molecule has 1 N–H and O–H groups in total. The SMILES string of the molecule is Cc1nc(CNc2ccsc2)sc1C. The zero-order valence-corrected chi connectivity index (χ0v) is 9.84. The molecule has 2 heterocycles. The average Bonchev–Trinajstić information content (AvgIpc) is 2.74. The van der Waals surface area contributed by atoms with Gasteiger partial charge in [-0.3, -0.25) is 0 Å². The summed E-state index contributed by atoms with van der Waals surface area (Å²) in [6.07, 6.45) is 0. The molecule has 0 saturated heterocycles. The number of rotatable bonds is 3. The molecule has 14 heavy (non-hydrogen) atoms. The van der Waals surface area contributed by atoms with Crippen molar-refractivity contribution >= 4 is 28.4 Å². The zero-order chi connectivity index (χ0) is 9.97. The minimum Gasteiger partial charge on any atom is -0.378 e. The van der Waals surface area contributed by atoms with Gasteiger partial charge in [0.1, 0.15) is 5.01 Å². The molecule has 0 spiro atoms. The number of anilines is 1. The van der Waals surface area contributed by atoms with E-state index in [1.165, 1.54) is 10.6 Å². The maximum atomic E-state index is 4.47. The first kappa shape index (κ1) is 9.68. The number of thiazole rings is 1. The van der Waals surface area contributed by atoms with Crippen molar-refractivity contribution in [2.75, 3.05) is 5.32 Å². The van der Waals surface area contributed by atoms with Gasteiger partial charge in [-0.25, -0.2) is 4.98 Å². The molecule has 0 amide bonds. The third-order valence-electron chi connectivity index (χ3n) is 2.04. The van der Waals surface area contributed by atoms with E-state index < -0.39 is 0 Å². The maximum absolute atomic E-state index is 4.47. The Morgan fingerprint density at radius 2 is 2.29 bits per heavy atom. The van der Waals surface area contributed by atoms with Crippen LogP contribution < -0.4 is 5.32 Å². The Balaban J connectivity index is 1.98. The van der Waals surface area contributed by atoms with Crippen molar-refractivity contribution in [1.29, 1.82) is 0 Å². The van der Waals surface area contributed by atoms with Crippen molar-refractivity contribution < 1.29 is 0 Å². The van der Waals surface area contributed by atoms with Crippen LogP contribution in [0.4, 0.5) is 5.69 Å². The summed E-state index contributed by atoms with van der Waals surface area (Å²) in [7, 11) is 0. The van der Waals surface area contributed by atoms with Crippen LogP contribution in [0.3, 0.4) is 0 Å². The highest BCUT2D eigenvalue weighted by Crippen LogP contribution is 2.18. The van der Waals surface area contributed by atoms with Gasteiger partial charge in [-0.15, -0.1) is 11.3 Å². The predicted octanol–water partition coefficient (Wildman–Crippen LogP) is 3.43. The molecule has 0 radical (unpaired) electrons. The molecule has 74 valence electrons. The molecular weight excluding hydrogens is 212 g/mol. The minimum atomic E-state index is 0.829. The Morgan fingerprint density at radius 3 is 2.86 bits per heavy atom. The predicted molar refractivity (Wildman–Crippen MR) is 63.2 cm³/mol. The van der Waals surface area contributed by atoms with Crippen molar-refractivity contribution in [3.05, 3.63) is 32.4 Å². The molecule has 0 bridgehead atoms. The molecule has 2 aromatic heterocycles. The lowest BCUT2D eigenvalue weighted by Gasteiger charge is -1.98. The normalized spacial score (nSPS) is 10.4. The van der Waals surface area contributed by atoms with E-state index in [1.54, 1.807) is 22.7 Å². The van der Waals surface area contributed by atoms with Gasteiger partial charge in [0.2, 0.25) is 0 Å². The van der Waals surface area contributed by atoms with E-state index in [0.717, 1.165) is 17.2 Å². The fourth-order valence-corrected chi connectivity index (χ4v) is 2.64. The monoisotopic (exact) mass is 224 g/mol. The third kappa shape index (κ3) is 2.13. The van der Waals surface area contributed by atoms with E-state index in [0.29, 0.717) is 0 Å². The number of hydrogen-bond donors (Lipinski definition) is 1. The number of thiophene rings is 1. The average molecular weight is 224 g/mol. The number of aromatic nitrogens is 1. The van der Waals surface area contributed by atoms with Crippen molar-refractivity contribution in [2.24, 2.45) is 0 Å². The molecule has 2 aromatic rings. The first-order valence-corrected chi connectivity index (χ1v) is 6.20. The van der Waals surface area contributed by atoms with Crippen LogP contribution in [0.25, 0.3) is 0 Å². The molecule has 0 aliphatic heterocycles. The van der Waals surface area contributed by atoms with Crippen LogP contribution in [0.5, 0.6) is 0 Å². The molecule has 0 saturated carbocycles. The zero-order valence-electron chi connectivity index (χ0n) is 8.20. The Labute approximate surface area is 91.6 Å². The Hall–Kier alpha value is -0.870. The van der Waals surface area contributed by atoms with Crippen molar-refractivity contribution in [3.63, 3.8) is 0 Å². The standard InChI is InChI=1S/C10H12N2S2/c1-7-8(2)14-10(12-7)5-11-9-3-4-13-6-9/h3-4,6,11H,5H2,1-2H3. The Bertz CT molecular complexity index is 384. The van der Waals surface area contributed by atoms with E-state index >= 15 is 0 Å². The second kappa shape index (κ2) is 4.11.